The van der Waals surface area contributed by atoms with Crippen molar-refractivity contribution in [2.24, 2.45) is 5.41 Å². The first-order valence-corrected chi connectivity index (χ1v) is 8.59. The minimum Gasteiger partial charge on any atom is -0.465 e. The molecule has 0 bridgehead atoms. The standard InChI is InChI=1S/C17H23Cl2NO4/c1-16(2,3)14-17(10-21,11-5-6-12(18)13(19)9-11)24-8-4-7-20(14)15(22)23/h5-6,9,14,21H,4,7-8,10H2,1-3H3,(H,22,23). The summed E-state index contributed by atoms with van der Waals surface area (Å²) >= 11 is 12.2. The summed E-state index contributed by atoms with van der Waals surface area (Å²) in [6.07, 6.45) is -0.472. The molecule has 1 aliphatic heterocycles. The Morgan fingerprint density at radius 2 is 2.04 bits per heavy atom. The van der Waals surface area contributed by atoms with Crippen LogP contribution in [0.5, 0.6) is 0 Å². The van der Waals surface area contributed by atoms with E-state index >= 15 is 0 Å². The Balaban J connectivity index is 2.68. The summed E-state index contributed by atoms with van der Waals surface area (Å²) in [5.41, 5.74) is -1.06. The maximum atomic E-state index is 11.9. The van der Waals surface area contributed by atoms with Gasteiger partial charge in [0.05, 0.1) is 22.7 Å². The van der Waals surface area contributed by atoms with E-state index < -0.39 is 23.2 Å². The van der Waals surface area contributed by atoms with Gasteiger partial charge in [-0.2, -0.15) is 0 Å². The molecule has 1 heterocycles. The molecule has 0 aliphatic carbocycles. The SMILES string of the molecule is CC(C)(C)C1N(C(=O)O)CCCOC1(CO)c1ccc(Cl)c(Cl)c1. The Hall–Kier alpha value is -1.01. The highest BCUT2D eigenvalue weighted by Crippen LogP contribution is 2.44. The molecule has 134 valence electrons. The van der Waals surface area contributed by atoms with E-state index in [2.05, 4.69) is 0 Å². The Bertz CT molecular complexity index is 617. The van der Waals surface area contributed by atoms with Gasteiger partial charge >= 0.3 is 6.09 Å². The van der Waals surface area contributed by atoms with Crippen LogP contribution in [0.15, 0.2) is 18.2 Å². The number of carboxylic acid groups (broad SMARTS) is 1. The number of ether oxygens (including phenoxy) is 1. The lowest BCUT2D eigenvalue weighted by Gasteiger charge is -2.48. The van der Waals surface area contributed by atoms with Gasteiger partial charge in [-0.1, -0.05) is 50.0 Å². The molecule has 1 fully saturated rings. The van der Waals surface area contributed by atoms with Crippen molar-refractivity contribution in [2.45, 2.75) is 38.8 Å². The zero-order chi connectivity index (χ0) is 18.1. The number of aliphatic hydroxyl groups excluding tert-OH is 1. The van der Waals surface area contributed by atoms with Crippen molar-refractivity contribution in [2.75, 3.05) is 19.8 Å². The highest BCUT2D eigenvalue weighted by molar-refractivity contribution is 6.42. The highest BCUT2D eigenvalue weighted by atomic mass is 35.5. The molecule has 1 aromatic rings. The minimum absolute atomic E-state index is 0.337. The lowest BCUT2D eigenvalue weighted by atomic mass is 9.72. The first-order valence-electron chi connectivity index (χ1n) is 7.83. The smallest absolute Gasteiger partial charge is 0.407 e. The fraction of sp³-hybridized carbons (Fsp3) is 0.588. The third-order valence-corrected chi connectivity index (χ3v) is 5.10. The zero-order valence-electron chi connectivity index (χ0n) is 14.1. The number of hydrogen-bond donors (Lipinski definition) is 2. The van der Waals surface area contributed by atoms with Crippen LogP contribution in [0.25, 0.3) is 0 Å². The number of benzene rings is 1. The lowest BCUT2D eigenvalue weighted by Crippen LogP contribution is -2.60. The number of aliphatic hydroxyl groups is 1. The van der Waals surface area contributed by atoms with Gasteiger partial charge in [-0.25, -0.2) is 4.79 Å². The van der Waals surface area contributed by atoms with Gasteiger partial charge in [0.2, 0.25) is 0 Å². The van der Waals surface area contributed by atoms with E-state index in [1.165, 1.54) is 4.90 Å². The normalized spacial score (nSPS) is 25.4. The summed E-state index contributed by atoms with van der Waals surface area (Å²) in [5, 5.41) is 20.7. The van der Waals surface area contributed by atoms with Crippen molar-refractivity contribution >= 4 is 29.3 Å². The molecule has 1 aliphatic rings. The largest absolute Gasteiger partial charge is 0.465 e. The van der Waals surface area contributed by atoms with Crippen LogP contribution in [-0.4, -0.2) is 47.0 Å². The monoisotopic (exact) mass is 375 g/mol. The predicted octanol–water partition coefficient (Wildman–Crippen LogP) is 4.00. The Morgan fingerprint density at radius 1 is 1.38 bits per heavy atom. The summed E-state index contributed by atoms with van der Waals surface area (Å²) < 4.78 is 6.08. The van der Waals surface area contributed by atoms with E-state index in [1.54, 1.807) is 18.2 Å². The summed E-state index contributed by atoms with van der Waals surface area (Å²) in [6.45, 7) is 6.13. The van der Waals surface area contributed by atoms with Gasteiger partial charge in [-0.15, -0.1) is 0 Å². The first-order chi connectivity index (χ1) is 11.1. The van der Waals surface area contributed by atoms with Gasteiger partial charge in [0.15, 0.2) is 0 Å². The molecule has 5 nitrogen and oxygen atoms in total. The van der Waals surface area contributed by atoms with Crippen molar-refractivity contribution in [3.05, 3.63) is 33.8 Å². The first kappa shape index (κ1) is 19.3. The van der Waals surface area contributed by atoms with E-state index in [-0.39, 0.29) is 6.61 Å². The molecular formula is C17H23Cl2NO4. The molecule has 24 heavy (non-hydrogen) atoms. The molecule has 2 unspecified atom stereocenters. The van der Waals surface area contributed by atoms with E-state index in [9.17, 15) is 15.0 Å². The van der Waals surface area contributed by atoms with E-state index in [1.807, 2.05) is 20.8 Å². The topological polar surface area (TPSA) is 70.0 Å². The van der Waals surface area contributed by atoms with Crippen LogP contribution in [0, 0.1) is 5.41 Å². The van der Waals surface area contributed by atoms with Crippen LogP contribution >= 0.6 is 23.2 Å². The number of hydrogen-bond acceptors (Lipinski definition) is 3. The second-order valence-corrected chi connectivity index (χ2v) is 7.94. The number of amides is 1. The Morgan fingerprint density at radius 3 is 2.54 bits per heavy atom. The van der Waals surface area contributed by atoms with Gasteiger partial charge in [-0.3, -0.25) is 0 Å². The van der Waals surface area contributed by atoms with Crippen molar-refractivity contribution in [3.8, 4) is 0 Å². The third-order valence-electron chi connectivity index (χ3n) is 4.37. The Kier molecular flexibility index (Phi) is 5.70. The van der Waals surface area contributed by atoms with Crippen LogP contribution in [-0.2, 0) is 10.3 Å². The molecule has 1 aromatic carbocycles. The number of carbonyl (C=O) groups is 1. The van der Waals surface area contributed by atoms with Crippen LogP contribution in [0.1, 0.15) is 32.8 Å². The number of rotatable bonds is 2. The molecule has 2 N–H and O–H groups in total. The second kappa shape index (κ2) is 7.08. The molecule has 7 heteroatoms. The molecule has 2 rings (SSSR count). The fourth-order valence-corrected chi connectivity index (χ4v) is 3.84. The summed E-state index contributed by atoms with van der Waals surface area (Å²) in [5.74, 6) is 0. The van der Waals surface area contributed by atoms with Gasteiger partial charge in [0.1, 0.15) is 5.60 Å². The van der Waals surface area contributed by atoms with Crippen LogP contribution in [0.3, 0.4) is 0 Å². The van der Waals surface area contributed by atoms with Gasteiger partial charge in [0, 0.05) is 13.2 Å². The van der Waals surface area contributed by atoms with E-state index in [4.69, 9.17) is 27.9 Å². The molecule has 0 aromatic heterocycles. The lowest BCUT2D eigenvalue weighted by molar-refractivity contribution is -0.139. The molecular weight excluding hydrogens is 353 g/mol. The van der Waals surface area contributed by atoms with E-state index in [0.717, 1.165) is 0 Å². The predicted molar refractivity (Wildman–Crippen MR) is 93.8 cm³/mol. The molecule has 2 atom stereocenters. The van der Waals surface area contributed by atoms with Gasteiger partial charge in [-0.05, 0) is 29.5 Å². The van der Waals surface area contributed by atoms with Gasteiger partial charge < -0.3 is 19.8 Å². The zero-order valence-corrected chi connectivity index (χ0v) is 15.6. The third kappa shape index (κ3) is 3.49. The molecule has 1 amide bonds. The van der Waals surface area contributed by atoms with Crippen molar-refractivity contribution < 1.29 is 19.7 Å². The molecule has 0 saturated carbocycles. The number of halogens is 2. The summed E-state index contributed by atoms with van der Waals surface area (Å²) in [4.78, 5) is 13.2. The number of nitrogens with zero attached hydrogens (tertiary/aromatic N) is 1. The van der Waals surface area contributed by atoms with Crippen LogP contribution < -0.4 is 0 Å². The maximum Gasteiger partial charge on any atom is 0.407 e. The van der Waals surface area contributed by atoms with Crippen LogP contribution in [0.4, 0.5) is 4.79 Å². The van der Waals surface area contributed by atoms with Gasteiger partial charge in [0.25, 0.3) is 0 Å². The molecule has 0 spiro atoms. The van der Waals surface area contributed by atoms with Crippen LogP contribution in [0.2, 0.25) is 10.0 Å². The van der Waals surface area contributed by atoms with Crippen molar-refractivity contribution in [1.29, 1.82) is 0 Å². The summed E-state index contributed by atoms with van der Waals surface area (Å²) in [7, 11) is 0. The fourth-order valence-electron chi connectivity index (χ4n) is 3.55. The van der Waals surface area contributed by atoms with Crippen molar-refractivity contribution in [3.63, 3.8) is 0 Å². The highest BCUT2D eigenvalue weighted by Gasteiger charge is 2.52. The van der Waals surface area contributed by atoms with Crippen molar-refractivity contribution in [1.82, 2.24) is 4.90 Å². The maximum absolute atomic E-state index is 11.9. The molecule has 1 saturated heterocycles. The average molecular weight is 376 g/mol. The molecule has 0 radical (unpaired) electrons. The van der Waals surface area contributed by atoms with E-state index in [0.29, 0.717) is 35.2 Å². The second-order valence-electron chi connectivity index (χ2n) is 7.12. The average Bonchev–Trinajstić information content (AvgIpc) is 2.70. The quantitative estimate of drug-likeness (QED) is 0.819. The summed E-state index contributed by atoms with van der Waals surface area (Å²) in [6, 6.07) is 4.42. The minimum atomic E-state index is -1.21. The Labute approximate surface area is 152 Å².